The van der Waals surface area contributed by atoms with Crippen molar-refractivity contribution in [3.05, 3.63) is 18.5 Å². The van der Waals surface area contributed by atoms with E-state index >= 15 is 0 Å². The van der Waals surface area contributed by atoms with Gasteiger partial charge in [-0.2, -0.15) is 0 Å². The van der Waals surface area contributed by atoms with Crippen molar-refractivity contribution in [2.24, 2.45) is 0 Å². The summed E-state index contributed by atoms with van der Waals surface area (Å²) in [6.07, 6.45) is 3.35. The standard InChI is InChI=1S/C12H17N5O3/c1-9(10(18)19)15-12(20)17-7-5-16(6-8-17)11-13-3-2-4-14-11/h2-4,9H,5-8H2,1H3,(H,15,20)(H,18,19)/t9-/m1/s1. The van der Waals surface area contributed by atoms with Crippen molar-refractivity contribution >= 4 is 17.9 Å². The molecule has 0 radical (unpaired) electrons. The van der Waals surface area contributed by atoms with Crippen LogP contribution < -0.4 is 10.2 Å². The summed E-state index contributed by atoms with van der Waals surface area (Å²) in [5, 5.41) is 11.2. The van der Waals surface area contributed by atoms with E-state index in [1.807, 2.05) is 4.90 Å². The van der Waals surface area contributed by atoms with Gasteiger partial charge in [0.25, 0.3) is 0 Å². The van der Waals surface area contributed by atoms with Crippen LogP contribution in [-0.4, -0.2) is 64.2 Å². The molecule has 8 nitrogen and oxygen atoms in total. The minimum Gasteiger partial charge on any atom is -0.480 e. The Balaban J connectivity index is 1.85. The Kier molecular flexibility index (Phi) is 4.34. The maximum atomic E-state index is 11.9. The third-order valence-electron chi connectivity index (χ3n) is 3.11. The van der Waals surface area contributed by atoms with Crippen molar-refractivity contribution in [1.82, 2.24) is 20.2 Å². The summed E-state index contributed by atoms with van der Waals surface area (Å²) >= 11 is 0. The van der Waals surface area contributed by atoms with Gasteiger partial charge in [0.05, 0.1) is 0 Å². The number of carbonyl (C=O) groups excluding carboxylic acids is 1. The fourth-order valence-corrected chi connectivity index (χ4v) is 1.90. The molecule has 1 aliphatic rings. The zero-order chi connectivity index (χ0) is 14.5. The summed E-state index contributed by atoms with van der Waals surface area (Å²) in [7, 11) is 0. The number of nitrogens with one attached hydrogen (secondary N) is 1. The quantitative estimate of drug-likeness (QED) is 0.793. The summed E-state index contributed by atoms with van der Waals surface area (Å²) < 4.78 is 0. The van der Waals surface area contributed by atoms with Gasteiger partial charge >= 0.3 is 12.0 Å². The van der Waals surface area contributed by atoms with Gasteiger partial charge in [0.2, 0.25) is 5.95 Å². The molecule has 8 heteroatoms. The number of nitrogens with zero attached hydrogens (tertiary/aromatic N) is 4. The molecule has 2 rings (SSSR count). The van der Waals surface area contributed by atoms with Crippen LogP contribution in [0.25, 0.3) is 0 Å². The number of hydrogen-bond donors (Lipinski definition) is 2. The number of aliphatic carboxylic acids is 1. The number of urea groups is 1. The van der Waals surface area contributed by atoms with Gasteiger partial charge in [-0.1, -0.05) is 0 Å². The third-order valence-corrected chi connectivity index (χ3v) is 3.11. The maximum Gasteiger partial charge on any atom is 0.325 e. The Labute approximate surface area is 116 Å². The van der Waals surface area contributed by atoms with Crippen molar-refractivity contribution in [3.8, 4) is 0 Å². The normalized spacial score (nSPS) is 16.6. The molecule has 1 aliphatic heterocycles. The summed E-state index contributed by atoms with van der Waals surface area (Å²) in [4.78, 5) is 34.5. The van der Waals surface area contributed by atoms with E-state index in [-0.39, 0.29) is 6.03 Å². The Hall–Kier alpha value is -2.38. The van der Waals surface area contributed by atoms with Crippen LogP contribution in [0.1, 0.15) is 6.92 Å². The zero-order valence-electron chi connectivity index (χ0n) is 11.2. The topological polar surface area (TPSA) is 98.7 Å². The van der Waals surface area contributed by atoms with E-state index in [1.165, 1.54) is 6.92 Å². The lowest BCUT2D eigenvalue weighted by atomic mass is 10.3. The van der Waals surface area contributed by atoms with Gasteiger partial charge in [-0.05, 0) is 13.0 Å². The lowest BCUT2D eigenvalue weighted by Gasteiger charge is -2.34. The first kappa shape index (κ1) is 14.0. The van der Waals surface area contributed by atoms with Crippen molar-refractivity contribution < 1.29 is 14.7 Å². The second-order valence-corrected chi connectivity index (χ2v) is 4.53. The number of aromatic nitrogens is 2. The molecule has 0 bridgehead atoms. The van der Waals surface area contributed by atoms with Crippen LogP contribution in [-0.2, 0) is 4.79 Å². The van der Waals surface area contributed by atoms with Crippen LogP contribution in [0.4, 0.5) is 10.7 Å². The first-order valence-electron chi connectivity index (χ1n) is 6.38. The molecule has 0 unspecified atom stereocenters. The number of carboxylic acid groups (broad SMARTS) is 1. The van der Waals surface area contributed by atoms with E-state index in [4.69, 9.17) is 5.11 Å². The number of rotatable bonds is 3. The monoisotopic (exact) mass is 279 g/mol. The molecule has 1 aromatic rings. The largest absolute Gasteiger partial charge is 0.480 e. The van der Waals surface area contributed by atoms with Crippen molar-refractivity contribution in [1.29, 1.82) is 0 Å². The Morgan fingerprint density at radius 3 is 2.40 bits per heavy atom. The second-order valence-electron chi connectivity index (χ2n) is 4.53. The smallest absolute Gasteiger partial charge is 0.325 e. The summed E-state index contributed by atoms with van der Waals surface area (Å²) in [5.74, 6) is -0.402. The van der Waals surface area contributed by atoms with Crippen LogP contribution in [0.2, 0.25) is 0 Å². The molecule has 0 spiro atoms. The van der Waals surface area contributed by atoms with Crippen LogP contribution in [0.15, 0.2) is 18.5 Å². The van der Waals surface area contributed by atoms with E-state index in [0.29, 0.717) is 32.1 Å². The molecule has 1 atom stereocenters. The highest BCUT2D eigenvalue weighted by atomic mass is 16.4. The van der Waals surface area contributed by atoms with Crippen LogP contribution in [0.3, 0.4) is 0 Å². The molecule has 0 aromatic carbocycles. The molecule has 2 N–H and O–H groups in total. The Morgan fingerprint density at radius 2 is 1.85 bits per heavy atom. The van der Waals surface area contributed by atoms with E-state index in [2.05, 4.69) is 15.3 Å². The number of piperazine rings is 1. The second kappa shape index (κ2) is 6.18. The predicted octanol–water partition coefficient (Wildman–Crippen LogP) is -0.219. The number of hydrogen-bond acceptors (Lipinski definition) is 5. The highest BCUT2D eigenvalue weighted by Gasteiger charge is 2.24. The van der Waals surface area contributed by atoms with Gasteiger partial charge in [-0.15, -0.1) is 0 Å². The average molecular weight is 279 g/mol. The Bertz CT molecular complexity index is 473. The molecule has 108 valence electrons. The fourth-order valence-electron chi connectivity index (χ4n) is 1.90. The van der Waals surface area contributed by atoms with Gasteiger partial charge in [-0.3, -0.25) is 4.79 Å². The number of carboxylic acids is 1. The molecule has 2 heterocycles. The summed E-state index contributed by atoms with van der Waals surface area (Å²) in [6.45, 7) is 3.71. The first-order valence-corrected chi connectivity index (χ1v) is 6.38. The number of amides is 2. The van der Waals surface area contributed by atoms with Crippen molar-refractivity contribution in [3.63, 3.8) is 0 Å². The molecule has 2 amide bonds. The maximum absolute atomic E-state index is 11.9. The van der Waals surface area contributed by atoms with E-state index in [1.54, 1.807) is 23.4 Å². The Morgan fingerprint density at radius 1 is 1.25 bits per heavy atom. The highest BCUT2D eigenvalue weighted by molar-refractivity contribution is 5.82. The third kappa shape index (κ3) is 3.34. The van der Waals surface area contributed by atoms with Gasteiger partial charge < -0.3 is 20.2 Å². The molecule has 1 saturated heterocycles. The number of carbonyl (C=O) groups is 2. The predicted molar refractivity (Wildman–Crippen MR) is 71.4 cm³/mol. The average Bonchev–Trinajstić information content (AvgIpc) is 2.48. The van der Waals surface area contributed by atoms with E-state index in [0.717, 1.165) is 0 Å². The molecule has 0 saturated carbocycles. The van der Waals surface area contributed by atoms with Gasteiger partial charge in [0.1, 0.15) is 6.04 Å². The first-order chi connectivity index (χ1) is 9.58. The highest BCUT2D eigenvalue weighted by Crippen LogP contribution is 2.09. The van der Waals surface area contributed by atoms with Gasteiger partial charge in [-0.25, -0.2) is 14.8 Å². The molecule has 0 aliphatic carbocycles. The minimum absolute atomic E-state index is 0.353. The lowest BCUT2D eigenvalue weighted by molar-refractivity contribution is -0.138. The van der Waals surface area contributed by atoms with E-state index in [9.17, 15) is 9.59 Å². The SMILES string of the molecule is C[C@@H](NC(=O)N1CCN(c2ncccn2)CC1)C(=O)O. The van der Waals surface area contributed by atoms with Crippen LogP contribution in [0, 0.1) is 0 Å². The van der Waals surface area contributed by atoms with Crippen molar-refractivity contribution in [2.45, 2.75) is 13.0 Å². The lowest BCUT2D eigenvalue weighted by Crippen LogP contribution is -2.54. The van der Waals surface area contributed by atoms with E-state index < -0.39 is 12.0 Å². The van der Waals surface area contributed by atoms with Gasteiger partial charge in [0.15, 0.2) is 0 Å². The molecular formula is C12H17N5O3. The molecule has 20 heavy (non-hydrogen) atoms. The fraction of sp³-hybridized carbons (Fsp3) is 0.500. The van der Waals surface area contributed by atoms with Crippen LogP contribution in [0.5, 0.6) is 0 Å². The molecular weight excluding hydrogens is 262 g/mol. The minimum atomic E-state index is -1.05. The summed E-state index contributed by atoms with van der Waals surface area (Å²) in [5.41, 5.74) is 0. The van der Waals surface area contributed by atoms with Crippen molar-refractivity contribution in [2.75, 3.05) is 31.1 Å². The number of anilines is 1. The molecule has 1 fully saturated rings. The summed E-state index contributed by atoms with van der Waals surface area (Å²) in [6, 6.07) is 0.507. The molecule has 1 aromatic heterocycles. The zero-order valence-corrected chi connectivity index (χ0v) is 11.2. The van der Waals surface area contributed by atoms with Crippen LogP contribution >= 0.6 is 0 Å². The van der Waals surface area contributed by atoms with Gasteiger partial charge in [0, 0.05) is 38.6 Å².